The summed E-state index contributed by atoms with van der Waals surface area (Å²) in [6.07, 6.45) is 5.75. The van der Waals surface area contributed by atoms with E-state index in [0.717, 1.165) is 33.4 Å². The maximum Gasteiger partial charge on any atom is 0.136 e. The first kappa shape index (κ1) is 12.2. The number of fused-ring (bicyclic) bond motifs is 2. The number of H-pyrrole nitrogens is 1. The van der Waals surface area contributed by atoms with E-state index in [1.807, 2.05) is 35.9 Å². The number of nitrogen functional groups attached to an aromatic ring is 1. The first-order valence-corrected chi connectivity index (χ1v) is 6.88. The van der Waals surface area contributed by atoms with Gasteiger partial charge in [0.25, 0.3) is 0 Å². The van der Waals surface area contributed by atoms with Crippen LogP contribution in [0.3, 0.4) is 0 Å². The molecule has 0 bridgehead atoms. The minimum absolute atomic E-state index is 0.517. The number of aromatic nitrogens is 4. The Morgan fingerprint density at radius 3 is 3.00 bits per heavy atom. The van der Waals surface area contributed by atoms with E-state index in [0.29, 0.717) is 10.7 Å². The second-order valence-electron chi connectivity index (χ2n) is 5.04. The van der Waals surface area contributed by atoms with Gasteiger partial charge in [-0.15, -0.1) is 0 Å². The first-order chi connectivity index (χ1) is 10.1. The van der Waals surface area contributed by atoms with Gasteiger partial charge in [-0.1, -0.05) is 11.6 Å². The number of benzene rings is 1. The summed E-state index contributed by atoms with van der Waals surface area (Å²) >= 11 is 6.23. The van der Waals surface area contributed by atoms with Gasteiger partial charge in [-0.25, -0.2) is 4.98 Å². The van der Waals surface area contributed by atoms with Crippen LogP contribution in [0.2, 0.25) is 5.02 Å². The summed E-state index contributed by atoms with van der Waals surface area (Å²) in [5.41, 5.74) is 11.4. The number of nitrogens with two attached hydrogens (primary N) is 1. The summed E-state index contributed by atoms with van der Waals surface area (Å²) in [7, 11) is 0. The van der Waals surface area contributed by atoms with Gasteiger partial charge in [-0.05, 0) is 25.1 Å². The molecule has 0 fully saturated rings. The van der Waals surface area contributed by atoms with Gasteiger partial charge in [-0.3, -0.25) is 5.10 Å². The summed E-state index contributed by atoms with van der Waals surface area (Å²) in [5, 5.41) is 8.48. The number of anilines is 1. The zero-order valence-electron chi connectivity index (χ0n) is 11.3. The average molecular weight is 298 g/mol. The molecule has 0 saturated heterocycles. The SMILES string of the molecule is Cc1cn2cc(-c3c(N)c(Cl)cc4[nH]ncc34)ccc2n1. The lowest BCUT2D eigenvalue weighted by Crippen LogP contribution is -1.94. The first-order valence-electron chi connectivity index (χ1n) is 6.50. The van der Waals surface area contributed by atoms with Crippen molar-refractivity contribution in [3.05, 3.63) is 47.5 Å². The second kappa shape index (κ2) is 4.23. The fourth-order valence-electron chi connectivity index (χ4n) is 2.65. The highest BCUT2D eigenvalue weighted by atomic mass is 35.5. The lowest BCUT2D eigenvalue weighted by atomic mass is 10.0. The van der Waals surface area contributed by atoms with Gasteiger partial charge in [0, 0.05) is 28.9 Å². The lowest BCUT2D eigenvalue weighted by Gasteiger charge is -2.10. The van der Waals surface area contributed by atoms with Crippen LogP contribution in [0.15, 0.2) is 36.8 Å². The van der Waals surface area contributed by atoms with E-state index in [-0.39, 0.29) is 0 Å². The molecule has 4 aromatic rings. The minimum atomic E-state index is 0.517. The molecule has 0 spiro atoms. The Labute approximate surface area is 125 Å². The Morgan fingerprint density at radius 2 is 2.14 bits per heavy atom. The highest BCUT2D eigenvalue weighted by molar-refractivity contribution is 6.35. The highest BCUT2D eigenvalue weighted by Crippen LogP contribution is 2.38. The molecule has 5 nitrogen and oxygen atoms in total. The van der Waals surface area contributed by atoms with Gasteiger partial charge in [0.15, 0.2) is 0 Å². The topological polar surface area (TPSA) is 72.0 Å². The van der Waals surface area contributed by atoms with Gasteiger partial charge < -0.3 is 10.1 Å². The van der Waals surface area contributed by atoms with Crippen LogP contribution in [0.1, 0.15) is 5.69 Å². The number of nitrogens with one attached hydrogen (secondary N) is 1. The summed E-state index contributed by atoms with van der Waals surface area (Å²) < 4.78 is 1.98. The predicted octanol–water partition coefficient (Wildman–Crippen LogP) is 3.42. The number of aryl methyl sites for hydroxylation is 1. The third kappa shape index (κ3) is 1.78. The van der Waals surface area contributed by atoms with Gasteiger partial charge in [0.1, 0.15) is 5.65 Å². The average Bonchev–Trinajstić information content (AvgIpc) is 3.04. The number of hydrogen-bond acceptors (Lipinski definition) is 3. The molecule has 0 amide bonds. The Hall–Kier alpha value is -2.53. The molecule has 0 atom stereocenters. The van der Waals surface area contributed by atoms with Crippen molar-refractivity contribution in [1.29, 1.82) is 0 Å². The number of aromatic amines is 1. The molecule has 4 rings (SSSR count). The maximum atomic E-state index is 6.23. The molecule has 1 aromatic carbocycles. The molecule has 21 heavy (non-hydrogen) atoms. The van der Waals surface area contributed by atoms with E-state index >= 15 is 0 Å². The monoisotopic (exact) mass is 297 g/mol. The molecule has 3 aromatic heterocycles. The van der Waals surface area contributed by atoms with E-state index in [4.69, 9.17) is 17.3 Å². The molecule has 0 saturated carbocycles. The summed E-state index contributed by atoms with van der Waals surface area (Å²) in [6, 6.07) is 5.76. The molecular weight excluding hydrogens is 286 g/mol. The maximum absolute atomic E-state index is 6.23. The van der Waals surface area contributed by atoms with Crippen LogP contribution >= 0.6 is 11.6 Å². The van der Waals surface area contributed by atoms with Crippen molar-refractivity contribution in [1.82, 2.24) is 19.6 Å². The standard InChI is InChI=1S/C15H12ClN5/c1-8-6-21-7-9(2-3-13(21)19-8)14-10-5-18-20-12(10)4-11(16)15(14)17/h2-7H,17H2,1H3,(H,18,20). The van der Waals surface area contributed by atoms with Crippen LogP contribution in [0.4, 0.5) is 5.69 Å². The molecule has 0 aliphatic heterocycles. The van der Waals surface area contributed by atoms with Gasteiger partial charge in [0.05, 0.1) is 28.1 Å². The Morgan fingerprint density at radius 1 is 1.29 bits per heavy atom. The Bertz CT molecular complexity index is 982. The van der Waals surface area contributed by atoms with E-state index < -0.39 is 0 Å². The number of rotatable bonds is 1. The van der Waals surface area contributed by atoms with Crippen LogP contribution in [-0.2, 0) is 0 Å². The fraction of sp³-hybridized carbons (Fsp3) is 0.0667. The van der Waals surface area contributed by atoms with Crippen molar-refractivity contribution in [3.8, 4) is 11.1 Å². The minimum Gasteiger partial charge on any atom is -0.397 e. The molecular formula is C15H12ClN5. The van der Waals surface area contributed by atoms with Crippen LogP contribution < -0.4 is 5.73 Å². The number of hydrogen-bond donors (Lipinski definition) is 2. The summed E-state index contributed by atoms with van der Waals surface area (Å²) in [4.78, 5) is 4.43. The van der Waals surface area contributed by atoms with Gasteiger partial charge in [-0.2, -0.15) is 5.10 Å². The summed E-state index contributed by atoms with van der Waals surface area (Å²) in [6.45, 7) is 1.97. The van der Waals surface area contributed by atoms with E-state index in [1.165, 1.54) is 0 Å². The van der Waals surface area contributed by atoms with E-state index in [2.05, 4.69) is 15.2 Å². The molecule has 0 aliphatic rings. The number of halogens is 1. The van der Waals surface area contributed by atoms with Gasteiger partial charge >= 0.3 is 0 Å². The zero-order chi connectivity index (χ0) is 14.6. The van der Waals surface area contributed by atoms with Crippen LogP contribution in [0.5, 0.6) is 0 Å². The van der Waals surface area contributed by atoms with Crippen molar-refractivity contribution in [3.63, 3.8) is 0 Å². The smallest absolute Gasteiger partial charge is 0.136 e. The Kier molecular flexibility index (Phi) is 2.46. The molecule has 0 radical (unpaired) electrons. The predicted molar refractivity (Wildman–Crippen MR) is 84.4 cm³/mol. The zero-order valence-corrected chi connectivity index (χ0v) is 12.0. The quantitative estimate of drug-likeness (QED) is 0.529. The Balaban J connectivity index is 2.07. The highest BCUT2D eigenvalue weighted by Gasteiger charge is 2.14. The van der Waals surface area contributed by atoms with E-state index in [9.17, 15) is 0 Å². The molecule has 0 unspecified atom stereocenters. The third-order valence-electron chi connectivity index (χ3n) is 3.60. The van der Waals surface area contributed by atoms with E-state index in [1.54, 1.807) is 12.3 Å². The molecule has 6 heteroatoms. The third-order valence-corrected chi connectivity index (χ3v) is 3.91. The lowest BCUT2D eigenvalue weighted by molar-refractivity contribution is 1.12. The molecule has 3 N–H and O–H groups in total. The molecule has 104 valence electrons. The number of nitrogens with zero attached hydrogens (tertiary/aromatic N) is 3. The van der Waals surface area contributed by atoms with Crippen molar-refractivity contribution < 1.29 is 0 Å². The fourth-order valence-corrected chi connectivity index (χ4v) is 2.86. The molecule has 3 heterocycles. The summed E-state index contributed by atoms with van der Waals surface area (Å²) in [5.74, 6) is 0. The van der Waals surface area contributed by atoms with Crippen LogP contribution in [0.25, 0.3) is 27.7 Å². The number of pyridine rings is 1. The van der Waals surface area contributed by atoms with Crippen molar-refractivity contribution in [2.24, 2.45) is 0 Å². The van der Waals surface area contributed by atoms with Crippen molar-refractivity contribution in [2.45, 2.75) is 6.92 Å². The van der Waals surface area contributed by atoms with Crippen molar-refractivity contribution >= 4 is 33.8 Å². The van der Waals surface area contributed by atoms with Gasteiger partial charge in [0.2, 0.25) is 0 Å². The second-order valence-corrected chi connectivity index (χ2v) is 5.45. The largest absolute Gasteiger partial charge is 0.397 e. The van der Waals surface area contributed by atoms with Crippen LogP contribution in [-0.4, -0.2) is 19.6 Å². The van der Waals surface area contributed by atoms with Crippen LogP contribution in [0, 0.1) is 6.92 Å². The normalized spacial score (nSPS) is 11.5. The number of imidazole rings is 1. The van der Waals surface area contributed by atoms with Crippen molar-refractivity contribution in [2.75, 3.05) is 5.73 Å². The molecule has 0 aliphatic carbocycles.